The van der Waals surface area contributed by atoms with Gasteiger partial charge in [-0.2, -0.15) is 0 Å². The summed E-state index contributed by atoms with van der Waals surface area (Å²) in [5, 5.41) is 2.95. The predicted molar refractivity (Wildman–Crippen MR) is 121 cm³/mol. The Bertz CT molecular complexity index is 824. The Morgan fingerprint density at radius 1 is 1.03 bits per heavy atom. The highest BCUT2D eigenvalue weighted by atomic mass is 79.9. The van der Waals surface area contributed by atoms with Crippen molar-refractivity contribution in [1.29, 1.82) is 0 Å². The minimum atomic E-state index is -0.637. The van der Waals surface area contributed by atoms with E-state index in [2.05, 4.69) is 21.2 Å². The topological polar surface area (TPSA) is 67.9 Å². The number of amides is 2. The second kappa shape index (κ2) is 11.6. The van der Waals surface area contributed by atoms with Crippen LogP contribution in [0.3, 0.4) is 0 Å². The monoisotopic (exact) mass is 476 g/mol. The smallest absolute Gasteiger partial charge is 0.261 e. The van der Waals surface area contributed by atoms with Crippen LogP contribution in [0.4, 0.5) is 0 Å². The third-order valence-corrected chi connectivity index (χ3v) is 5.38. The van der Waals surface area contributed by atoms with Gasteiger partial charge in [0, 0.05) is 17.1 Å². The second-order valence-corrected chi connectivity index (χ2v) is 8.02. The van der Waals surface area contributed by atoms with Crippen LogP contribution in [0.2, 0.25) is 0 Å². The molecule has 6 nitrogen and oxygen atoms in total. The Morgan fingerprint density at radius 3 is 2.20 bits per heavy atom. The Hall–Kier alpha value is -2.54. The van der Waals surface area contributed by atoms with Crippen LogP contribution < -0.4 is 14.8 Å². The maximum absolute atomic E-state index is 13.0. The number of methoxy groups -OCH3 is 1. The Kier molecular flexibility index (Phi) is 9.17. The molecule has 0 saturated heterocycles. The van der Waals surface area contributed by atoms with Crippen LogP contribution in [-0.2, 0) is 16.1 Å². The van der Waals surface area contributed by atoms with Gasteiger partial charge >= 0.3 is 0 Å². The van der Waals surface area contributed by atoms with Crippen LogP contribution in [0.25, 0.3) is 0 Å². The molecule has 0 radical (unpaired) electrons. The molecule has 0 heterocycles. The normalized spacial score (nSPS) is 12.6. The van der Waals surface area contributed by atoms with Gasteiger partial charge in [-0.05, 0) is 62.2 Å². The first-order valence-corrected chi connectivity index (χ1v) is 10.7. The van der Waals surface area contributed by atoms with Crippen LogP contribution in [-0.4, -0.2) is 42.5 Å². The molecule has 0 fully saturated rings. The Labute approximate surface area is 186 Å². The highest BCUT2D eigenvalue weighted by Crippen LogP contribution is 2.18. The van der Waals surface area contributed by atoms with Crippen molar-refractivity contribution in [3.05, 3.63) is 58.6 Å². The second-order valence-electron chi connectivity index (χ2n) is 7.11. The van der Waals surface area contributed by atoms with Crippen LogP contribution in [0.5, 0.6) is 11.5 Å². The van der Waals surface area contributed by atoms with Crippen LogP contribution in [0.1, 0.15) is 32.8 Å². The van der Waals surface area contributed by atoms with E-state index in [1.54, 1.807) is 31.1 Å². The SMILES string of the molecule is CC[C@@H](C)NC(=O)[C@H](C)N(Cc1ccc(OC)cc1)C(=O)COc1ccc(Br)cc1. The molecule has 0 aliphatic rings. The summed E-state index contributed by atoms with van der Waals surface area (Å²) in [6, 6.07) is 14.1. The van der Waals surface area contributed by atoms with E-state index in [0.29, 0.717) is 12.3 Å². The van der Waals surface area contributed by atoms with Crippen LogP contribution >= 0.6 is 15.9 Å². The Morgan fingerprint density at radius 2 is 1.63 bits per heavy atom. The Balaban J connectivity index is 2.14. The summed E-state index contributed by atoms with van der Waals surface area (Å²) >= 11 is 3.37. The summed E-state index contributed by atoms with van der Waals surface area (Å²) in [5.74, 6) is 0.876. The van der Waals surface area contributed by atoms with Gasteiger partial charge in [0.05, 0.1) is 7.11 Å². The lowest BCUT2D eigenvalue weighted by Gasteiger charge is -2.29. The molecule has 0 unspecified atom stereocenters. The predicted octanol–water partition coefficient (Wildman–Crippen LogP) is 4.17. The van der Waals surface area contributed by atoms with Crippen molar-refractivity contribution in [3.8, 4) is 11.5 Å². The van der Waals surface area contributed by atoms with Gasteiger partial charge in [0.25, 0.3) is 5.91 Å². The maximum Gasteiger partial charge on any atom is 0.261 e. The maximum atomic E-state index is 13.0. The lowest BCUT2D eigenvalue weighted by molar-refractivity contribution is -0.142. The first kappa shape index (κ1) is 23.7. The number of nitrogens with one attached hydrogen (secondary N) is 1. The average Bonchev–Trinajstić information content (AvgIpc) is 2.76. The number of carbonyl (C=O) groups is 2. The quantitative estimate of drug-likeness (QED) is 0.558. The zero-order chi connectivity index (χ0) is 22.1. The molecular weight excluding hydrogens is 448 g/mol. The largest absolute Gasteiger partial charge is 0.497 e. The molecule has 0 bridgehead atoms. The number of hydrogen-bond acceptors (Lipinski definition) is 4. The van der Waals surface area contributed by atoms with Crippen molar-refractivity contribution in [1.82, 2.24) is 10.2 Å². The fraction of sp³-hybridized carbons (Fsp3) is 0.391. The average molecular weight is 477 g/mol. The molecule has 2 rings (SSSR count). The van der Waals surface area contributed by atoms with E-state index in [4.69, 9.17) is 9.47 Å². The zero-order valence-corrected chi connectivity index (χ0v) is 19.4. The molecular formula is C23H29BrN2O4. The number of halogens is 1. The van der Waals surface area contributed by atoms with Gasteiger partial charge in [0.2, 0.25) is 5.91 Å². The highest BCUT2D eigenvalue weighted by molar-refractivity contribution is 9.10. The fourth-order valence-electron chi connectivity index (χ4n) is 2.73. The molecule has 0 aliphatic heterocycles. The molecule has 0 aliphatic carbocycles. The highest BCUT2D eigenvalue weighted by Gasteiger charge is 2.27. The molecule has 0 saturated carbocycles. The molecule has 0 spiro atoms. The molecule has 2 amide bonds. The molecule has 1 N–H and O–H groups in total. The van der Waals surface area contributed by atoms with E-state index in [1.165, 1.54) is 0 Å². The summed E-state index contributed by atoms with van der Waals surface area (Å²) in [4.78, 5) is 27.2. The number of benzene rings is 2. The van der Waals surface area contributed by atoms with Crippen molar-refractivity contribution in [2.75, 3.05) is 13.7 Å². The molecule has 2 aromatic rings. The number of rotatable bonds is 10. The zero-order valence-electron chi connectivity index (χ0n) is 17.9. The number of ether oxygens (including phenoxy) is 2. The van der Waals surface area contributed by atoms with E-state index in [0.717, 1.165) is 22.2 Å². The van der Waals surface area contributed by atoms with Gasteiger partial charge in [-0.15, -0.1) is 0 Å². The van der Waals surface area contributed by atoms with Crippen molar-refractivity contribution in [3.63, 3.8) is 0 Å². The molecule has 0 aromatic heterocycles. The summed E-state index contributed by atoms with van der Waals surface area (Å²) < 4.78 is 11.8. The van der Waals surface area contributed by atoms with E-state index in [-0.39, 0.29) is 24.5 Å². The standard InChI is InChI=1S/C23H29BrN2O4/c1-5-16(2)25-23(28)17(3)26(14-18-6-10-20(29-4)11-7-18)22(27)15-30-21-12-8-19(24)9-13-21/h6-13,16-17H,5,14-15H2,1-4H3,(H,25,28)/t16-,17+/m1/s1. The first-order chi connectivity index (χ1) is 14.3. The minimum absolute atomic E-state index is 0.0388. The van der Waals surface area contributed by atoms with Gasteiger partial charge in [-0.1, -0.05) is 35.0 Å². The fourth-order valence-corrected chi connectivity index (χ4v) is 3.00. The van der Waals surface area contributed by atoms with Gasteiger partial charge in [0.15, 0.2) is 6.61 Å². The van der Waals surface area contributed by atoms with E-state index >= 15 is 0 Å². The number of nitrogens with zero attached hydrogens (tertiary/aromatic N) is 1. The van der Waals surface area contributed by atoms with Gasteiger partial charge < -0.3 is 19.7 Å². The van der Waals surface area contributed by atoms with Gasteiger partial charge in [-0.3, -0.25) is 9.59 Å². The third kappa shape index (κ3) is 7.06. The van der Waals surface area contributed by atoms with Crippen molar-refractivity contribution < 1.29 is 19.1 Å². The van der Waals surface area contributed by atoms with Crippen LogP contribution in [0.15, 0.2) is 53.0 Å². The lowest BCUT2D eigenvalue weighted by Crippen LogP contribution is -2.50. The first-order valence-electron chi connectivity index (χ1n) is 9.95. The van der Waals surface area contributed by atoms with Crippen molar-refractivity contribution in [2.24, 2.45) is 0 Å². The summed E-state index contributed by atoms with van der Waals surface area (Å²) in [6.07, 6.45) is 0.817. The number of hydrogen-bond donors (Lipinski definition) is 1. The van der Waals surface area contributed by atoms with Crippen molar-refractivity contribution in [2.45, 2.75) is 45.8 Å². The number of carbonyl (C=O) groups excluding carboxylic acids is 2. The van der Waals surface area contributed by atoms with Gasteiger partial charge in [0.1, 0.15) is 17.5 Å². The summed E-state index contributed by atoms with van der Waals surface area (Å²) in [6.45, 7) is 5.82. The molecule has 30 heavy (non-hydrogen) atoms. The van der Waals surface area contributed by atoms with E-state index in [1.807, 2.05) is 50.2 Å². The van der Waals surface area contributed by atoms with Gasteiger partial charge in [-0.25, -0.2) is 0 Å². The molecule has 7 heteroatoms. The third-order valence-electron chi connectivity index (χ3n) is 4.86. The molecule has 162 valence electrons. The molecule has 2 aromatic carbocycles. The van der Waals surface area contributed by atoms with Crippen molar-refractivity contribution >= 4 is 27.7 Å². The van der Waals surface area contributed by atoms with E-state index < -0.39 is 6.04 Å². The summed E-state index contributed by atoms with van der Waals surface area (Å²) in [5.41, 5.74) is 0.899. The van der Waals surface area contributed by atoms with Crippen LogP contribution in [0, 0.1) is 0 Å². The molecule has 2 atom stereocenters. The van der Waals surface area contributed by atoms with E-state index in [9.17, 15) is 9.59 Å². The lowest BCUT2D eigenvalue weighted by atomic mass is 10.1. The minimum Gasteiger partial charge on any atom is -0.497 e. The summed E-state index contributed by atoms with van der Waals surface area (Å²) in [7, 11) is 1.60.